The van der Waals surface area contributed by atoms with Gasteiger partial charge in [0.15, 0.2) is 0 Å². The number of aryl methyl sites for hydroxylation is 1. The highest BCUT2D eigenvalue weighted by Crippen LogP contribution is 2.35. The predicted molar refractivity (Wildman–Crippen MR) is 112 cm³/mol. The summed E-state index contributed by atoms with van der Waals surface area (Å²) in [5.74, 6) is -0.616. The second-order valence-electron chi connectivity index (χ2n) is 8.19. The number of nitrogens with one attached hydrogen (secondary N) is 1. The van der Waals surface area contributed by atoms with Crippen molar-refractivity contribution in [3.63, 3.8) is 0 Å². The highest BCUT2D eigenvalue weighted by Gasteiger charge is 2.26. The van der Waals surface area contributed by atoms with Crippen LogP contribution in [0.4, 0.5) is 15.8 Å². The number of amides is 1. The van der Waals surface area contributed by atoms with Gasteiger partial charge in [0.05, 0.1) is 5.92 Å². The summed E-state index contributed by atoms with van der Waals surface area (Å²) in [7, 11) is 0. The molecule has 4 rings (SSSR count). The molecule has 4 heteroatoms. The van der Waals surface area contributed by atoms with Crippen LogP contribution in [0.1, 0.15) is 62.5 Å². The minimum absolute atomic E-state index is 0.0634. The molecule has 0 spiro atoms. The molecule has 3 nitrogen and oxygen atoms in total. The molecule has 0 aromatic heterocycles. The first-order valence-corrected chi connectivity index (χ1v) is 10.6. The Morgan fingerprint density at radius 2 is 1.82 bits per heavy atom. The number of rotatable bonds is 4. The van der Waals surface area contributed by atoms with Crippen molar-refractivity contribution in [2.75, 3.05) is 16.8 Å². The van der Waals surface area contributed by atoms with Crippen molar-refractivity contribution in [2.45, 2.75) is 63.8 Å². The average molecular weight is 381 g/mol. The van der Waals surface area contributed by atoms with Gasteiger partial charge in [-0.1, -0.05) is 31.4 Å². The maximum atomic E-state index is 13.1. The Morgan fingerprint density at radius 1 is 1.07 bits per heavy atom. The average Bonchev–Trinajstić information content (AvgIpc) is 2.74. The molecule has 1 amide bonds. The molecule has 1 aliphatic heterocycles. The van der Waals surface area contributed by atoms with Crippen LogP contribution >= 0.6 is 0 Å². The first-order chi connectivity index (χ1) is 13.6. The van der Waals surface area contributed by atoms with Crippen LogP contribution < -0.4 is 10.2 Å². The van der Waals surface area contributed by atoms with Gasteiger partial charge >= 0.3 is 0 Å². The molecule has 1 aliphatic carbocycles. The van der Waals surface area contributed by atoms with Gasteiger partial charge in [0, 0.05) is 24.0 Å². The van der Waals surface area contributed by atoms with E-state index < -0.39 is 0 Å². The van der Waals surface area contributed by atoms with E-state index in [2.05, 4.69) is 28.4 Å². The van der Waals surface area contributed by atoms with Crippen LogP contribution in [0, 0.1) is 5.82 Å². The highest BCUT2D eigenvalue weighted by atomic mass is 19.1. The zero-order valence-electron chi connectivity index (χ0n) is 16.6. The van der Waals surface area contributed by atoms with Gasteiger partial charge in [0.1, 0.15) is 5.82 Å². The smallest absolute Gasteiger partial charge is 0.231 e. The SMILES string of the molecule is CC(C(=O)Nc1ccc(F)cc1)c1ccc2c(c1)CCCN2C1CCCCC1. The molecule has 0 radical (unpaired) electrons. The van der Waals surface area contributed by atoms with Crippen molar-refractivity contribution in [1.82, 2.24) is 0 Å². The van der Waals surface area contributed by atoms with Gasteiger partial charge in [0.25, 0.3) is 0 Å². The maximum absolute atomic E-state index is 13.1. The lowest BCUT2D eigenvalue weighted by molar-refractivity contribution is -0.117. The first kappa shape index (κ1) is 19.0. The number of nitrogens with zero attached hydrogens (tertiary/aromatic N) is 1. The third-order valence-electron chi connectivity index (χ3n) is 6.28. The fourth-order valence-corrected chi connectivity index (χ4v) is 4.62. The van der Waals surface area contributed by atoms with Crippen LogP contribution in [0.25, 0.3) is 0 Å². The van der Waals surface area contributed by atoms with E-state index in [-0.39, 0.29) is 17.6 Å². The summed E-state index contributed by atoms with van der Waals surface area (Å²) < 4.78 is 13.1. The molecule has 2 aromatic carbocycles. The van der Waals surface area contributed by atoms with E-state index in [4.69, 9.17) is 0 Å². The third kappa shape index (κ3) is 4.06. The molecule has 28 heavy (non-hydrogen) atoms. The third-order valence-corrected chi connectivity index (χ3v) is 6.28. The number of hydrogen-bond donors (Lipinski definition) is 1. The predicted octanol–water partition coefficient (Wildman–Crippen LogP) is 5.65. The summed E-state index contributed by atoms with van der Waals surface area (Å²) in [6.45, 7) is 3.08. The molecule has 1 unspecified atom stereocenters. The highest BCUT2D eigenvalue weighted by molar-refractivity contribution is 5.95. The van der Waals surface area contributed by atoms with Gasteiger partial charge in [-0.3, -0.25) is 4.79 Å². The Balaban J connectivity index is 1.49. The Bertz CT molecular complexity index is 827. The number of halogens is 1. The summed E-state index contributed by atoms with van der Waals surface area (Å²) in [6, 6.07) is 13.1. The molecular weight excluding hydrogens is 351 g/mol. The number of anilines is 2. The number of carbonyl (C=O) groups is 1. The van der Waals surface area contributed by atoms with Crippen LogP contribution in [0.2, 0.25) is 0 Å². The van der Waals surface area contributed by atoms with Gasteiger partial charge in [-0.15, -0.1) is 0 Å². The minimum Gasteiger partial charge on any atom is -0.368 e. The minimum atomic E-state index is -0.303. The lowest BCUT2D eigenvalue weighted by Crippen LogP contribution is -2.40. The number of benzene rings is 2. The normalized spacial score (nSPS) is 18.4. The zero-order chi connectivity index (χ0) is 19.5. The molecule has 1 saturated carbocycles. The van der Waals surface area contributed by atoms with Gasteiger partial charge < -0.3 is 10.2 Å². The largest absolute Gasteiger partial charge is 0.368 e. The van der Waals surface area contributed by atoms with Gasteiger partial charge in [-0.2, -0.15) is 0 Å². The molecule has 1 N–H and O–H groups in total. The second kappa shape index (κ2) is 8.34. The molecule has 2 aromatic rings. The number of fused-ring (bicyclic) bond motifs is 1. The Kier molecular flexibility index (Phi) is 5.65. The molecule has 0 saturated heterocycles. The monoisotopic (exact) mass is 380 g/mol. The number of hydrogen-bond acceptors (Lipinski definition) is 2. The fourth-order valence-electron chi connectivity index (χ4n) is 4.62. The van der Waals surface area contributed by atoms with Crippen molar-refractivity contribution in [1.29, 1.82) is 0 Å². The fraction of sp³-hybridized carbons (Fsp3) is 0.458. The molecule has 0 bridgehead atoms. The maximum Gasteiger partial charge on any atom is 0.231 e. The molecule has 1 fully saturated rings. The lowest BCUT2D eigenvalue weighted by Gasteiger charge is -2.40. The van der Waals surface area contributed by atoms with Crippen molar-refractivity contribution in [3.8, 4) is 0 Å². The van der Waals surface area contributed by atoms with Crippen LogP contribution in [0.3, 0.4) is 0 Å². The number of carbonyl (C=O) groups excluding carboxylic acids is 1. The van der Waals surface area contributed by atoms with Crippen molar-refractivity contribution < 1.29 is 9.18 Å². The van der Waals surface area contributed by atoms with Crippen LogP contribution in [0.15, 0.2) is 42.5 Å². The van der Waals surface area contributed by atoms with E-state index in [1.807, 2.05) is 6.92 Å². The summed E-state index contributed by atoms with van der Waals surface area (Å²) in [5.41, 5.74) is 4.41. The summed E-state index contributed by atoms with van der Waals surface area (Å²) in [4.78, 5) is 15.3. The van der Waals surface area contributed by atoms with Gasteiger partial charge in [0.2, 0.25) is 5.91 Å². The van der Waals surface area contributed by atoms with Crippen LogP contribution in [-0.4, -0.2) is 18.5 Å². The van der Waals surface area contributed by atoms with Crippen molar-refractivity contribution >= 4 is 17.3 Å². The Morgan fingerprint density at radius 3 is 2.57 bits per heavy atom. The Labute approximate surface area is 166 Å². The van der Waals surface area contributed by atoms with Gasteiger partial charge in [-0.05, 0) is 74.1 Å². The van der Waals surface area contributed by atoms with Gasteiger partial charge in [-0.25, -0.2) is 4.39 Å². The summed E-state index contributed by atoms with van der Waals surface area (Å²) in [5, 5.41) is 2.89. The molecular formula is C24H29FN2O. The van der Waals surface area contributed by atoms with E-state index in [0.29, 0.717) is 11.7 Å². The van der Waals surface area contributed by atoms with Crippen molar-refractivity contribution in [3.05, 3.63) is 59.4 Å². The zero-order valence-corrected chi connectivity index (χ0v) is 16.6. The topological polar surface area (TPSA) is 32.3 Å². The van der Waals surface area contributed by atoms with Crippen LogP contribution in [0.5, 0.6) is 0 Å². The van der Waals surface area contributed by atoms with E-state index in [0.717, 1.165) is 18.5 Å². The second-order valence-corrected chi connectivity index (χ2v) is 8.19. The van der Waals surface area contributed by atoms with E-state index >= 15 is 0 Å². The van der Waals surface area contributed by atoms with Crippen LogP contribution in [-0.2, 0) is 11.2 Å². The molecule has 2 aliphatic rings. The summed E-state index contributed by atoms with van der Waals surface area (Å²) in [6.07, 6.45) is 8.93. The lowest BCUT2D eigenvalue weighted by atomic mass is 9.89. The quantitative estimate of drug-likeness (QED) is 0.743. The van der Waals surface area contributed by atoms with E-state index in [1.54, 1.807) is 12.1 Å². The van der Waals surface area contributed by atoms with E-state index in [1.165, 1.54) is 61.9 Å². The summed E-state index contributed by atoms with van der Waals surface area (Å²) >= 11 is 0. The standard InChI is InChI=1S/C24H29FN2O/c1-17(24(28)26-21-12-10-20(25)11-13-21)18-9-14-23-19(16-18)6-5-15-27(23)22-7-3-2-4-8-22/h9-14,16-17,22H,2-8,15H2,1H3,(H,26,28). The molecule has 148 valence electrons. The molecule has 1 atom stereocenters. The molecule has 1 heterocycles. The first-order valence-electron chi connectivity index (χ1n) is 10.6. The van der Waals surface area contributed by atoms with Crippen molar-refractivity contribution in [2.24, 2.45) is 0 Å². The Hall–Kier alpha value is -2.36. The van der Waals surface area contributed by atoms with E-state index in [9.17, 15) is 9.18 Å².